The normalized spacial score (nSPS) is 10.4. The van der Waals surface area contributed by atoms with Gasteiger partial charge >= 0.3 is 0 Å². The molecule has 0 spiro atoms. The molecule has 0 aromatic heterocycles. The van der Waals surface area contributed by atoms with Crippen LogP contribution in [0.1, 0.15) is 13.8 Å². The van der Waals surface area contributed by atoms with Gasteiger partial charge in [-0.05, 0) is 48.0 Å². The van der Waals surface area contributed by atoms with Gasteiger partial charge in [-0.25, -0.2) is 0 Å². The van der Waals surface area contributed by atoms with E-state index in [0.717, 1.165) is 15.2 Å². The Labute approximate surface area is 86.2 Å². The van der Waals surface area contributed by atoms with E-state index >= 15 is 0 Å². The first-order valence-corrected chi connectivity index (χ1v) is 4.98. The predicted molar refractivity (Wildman–Crippen MR) is 57.9 cm³/mol. The minimum atomic E-state index is 0.433. The van der Waals surface area contributed by atoms with Crippen LogP contribution in [-0.2, 0) is 0 Å². The predicted octanol–water partition coefficient (Wildman–Crippen LogP) is 3.92. The number of hydrogen-bond donors (Lipinski definition) is 1. The SMILES string of the molecule is CC(C)Nc1ccc(Cl)cc1Br. The molecule has 1 aromatic rings. The van der Waals surface area contributed by atoms with Crippen molar-refractivity contribution in [3.63, 3.8) is 0 Å². The maximum atomic E-state index is 5.80. The summed E-state index contributed by atoms with van der Waals surface area (Å²) < 4.78 is 1.00. The van der Waals surface area contributed by atoms with Crippen LogP contribution in [0.5, 0.6) is 0 Å². The summed E-state index contributed by atoms with van der Waals surface area (Å²) in [6.45, 7) is 4.20. The Balaban J connectivity index is 2.86. The van der Waals surface area contributed by atoms with Crippen LogP contribution >= 0.6 is 27.5 Å². The molecular weight excluding hydrogens is 237 g/mol. The number of halogens is 2. The van der Waals surface area contributed by atoms with E-state index in [1.54, 1.807) is 0 Å². The van der Waals surface area contributed by atoms with Gasteiger partial charge in [0.15, 0.2) is 0 Å². The van der Waals surface area contributed by atoms with Crippen molar-refractivity contribution in [2.75, 3.05) is 5.32 Å². The molecule has 0 unspecified atom stereocenters. The van der Waals surface area contributed by atoms with Crippen LogP contribution in [-0.4, -0.2) is 6.04 Å². The highest BCUT2D eigenvalue weighted by atomic mass is 79.9. The van der Waals surface area contributed by atoms with Gasteiger partial charge in [0.05, 0.1) is 0 Å². The maximum absolute atomic E-state index is 5.80. The van der Waals surface area contributed by atoms with Gasteiger partial charge in [0.25, 0.3) is 0 Å². The molecule has 3 heteroatoms. The van der Waals surface area contributed by atoms with Crippen LogP contribution in [0.4, 0.5) is 5.69 Å². The van der Waals surface area contributed by atoms with Crippen LogP contribution in [0.25, 0.3) is 0 Å². The molecule has 0 amide bonds. The Hall–Kier alpha value is -0.210. The third-order valence-electron chi connectivity index (χ3n) is 1.38. The number of hydrogen-bond acceptors (Lipinski definition) is 1. The van der Waals surface area contributed by atoms with Crippen molar-refractivity contribution in [2.24, 2.45) is 0 Å². The second kappa shape index (κ2) is 4.15. The molecule has 0 saturated heterocycles. The zero-order valence-electron chi connectivity index (χ0n) is 7.07. The Morgan fingerprint density at radius 1 is 1.42 bits per heavy atom. The van der Waals surface area contributed by atoms with Crippen molar-refractivity contribution in [3.8, 4) is 0 Å². The molecule has 0 atom stereocenters. The fourth-order valence-electron chi connectivity index (χ4n) is 0.918. The molecule has 66 valence electrons. The molecule has 0 saturated carbocycles. The van der Waals surface area contributed by atoms with Crippen LogP contribution in [0.2, 0.25) is 5.02 Å². The van der Waals surface area contributed by atoms with Crippen LogP contribution < -0.4 is 5.32 Å². The molecule has 1 aromatic carbocycles. The zero-order chi connectivity index (χ0) is 9.14. The lowest BCUT2D eigenvalue weighted by atomic mass is 10.3. The number of benzene rings is 1. The van der Waals surface area contributed by atoms with E-state index in [4.69, 9.17) is 11.6 Å². The van der Waals surface area contributed by atoms with Gasteiger partial charge in [0.2, 0.25) is 0 Å². The summed E-state index contributed by atoms with van der Waals surface area (Å²) in [5.74, 6) is 0. The van der Waals surface area contributed by atoms with E-state index in [1.165, 1.54) is 0 Å². The molecule has 0 bridgehead atoms. The van der Waals surface area contributed by atoms with Gasteiger partial charge in [-0.1, -0.05) is 11.6 Å². The average Bonchev–Trinajstić information content (AvgIpc) is 1.94. The largest absolute Gasteiger partial charge is 0.382 e. The molecule has 12 heavy (non-hydrogen) atoms. The van der Waals surface area contributed by atoms with Crippen molar-refractivity contribution in [1.82, 2.24) is 0 Å². The summed E-state index contributed by atoms with van der Waals surface area (Å²) in [7, 11) is 0. The molecule has 0 radical (unpaired) electrons. The first kappa shape index (κ1) is 9.87. The molecule has 0 heterocycles. The smallest absolute Gasteiger partial charge is 0.0487 e. The molecule has 1 N–H and O–H groups in total. The highest BCUT2D eigenvalue weighted by Crippen LogP contribution is 2.26. The minimum absolute atomic E-state index is 0.433. The molecule has 0 aliphatic carbocycles. The van der Waals surface area contributed by atoms with Crippen LogP contribution in [0, 0.1) is 0 Å². The topological polar surface area (TPSA) is 12.0 Å². The average molecular weight is 249 g/mol. The van der Waals surface area contributed by atoms with E-state index in [0.29, 0.717) is 6.04 Å². The Kier molecular flexibility index (Phi) is 3.41. The zero-order valence-corrected chi connectivity index (χ0v) is 9.41. The quantitative estimate of drug-likeness (QED) is 0.836. The maximum Gasteiger partial charge on any atom is 0.0487 e. The van der Waals surface area contributed by atoms with Crippen molar-refractivity contribution < 1.29 is 0 Å². The van der Waals surface area contributed by atoms with Gasteiger partial charge in [0.1, 0.15) is 0 Å². The standard InChI is InChI=1S/C9H11BrClN/c1-6(2)12-9-4-3-7(11)5-8(9)10/h3-6,12H,1-2H3. The lowest BCUT2D eigenvalue weighted by Crippen LogP contribution is -2.09. The first-order chi connectivity index (χ1) is 5.59. The molecular formula is C9H11BrClN. The Morgan fingerprint density at radius 3 is 2.58 bits per heavy atom. The third kappa shape index (κ3) is 2.68. The summed E-state index contributed by atoms with van der Waals surface area (Å²) in [6.07, 6.45) is 0. The lowest BCUT2D eigenvalue weighted by molar-refractivity contribution is 0.898. The van der Waals surface area contributed by atoms with Crippen LogP contribution in [0.3, 0.4) is 0 Å². The number of rotatable bonds is 2. The van der Waals surface area contributed by atoms with Crippen molar-refractivity contribution in [1.29, 1.82) is 0 Å². The van der Waals surface area contributed by atoms with Gasteiger partial charge in [-0.15, -0.1) is 0 Å². The lowest BCUT2D eigenvalue weighted by Gasteiger charge is -2.11. The van der Waals surface area contributed by atoms with E-state index < -0.39 is 0 Å². The highest BCUT2D eigenvalue weighted by Gasteiger charge is 2.00. The second-order valence-electron chi connectivity index (χ2n) is 2.92. The van der Waals surface area contributed by atoms with E-state index in [9.17, 15) is 0 Å². The fraction of sp³-hybridized carbons (Fsp3) is 0.333. The van der Waals surface area contributed by atoms with Gasteiger partial charge in [-0.3, -0.25) is 0 Å². The summed E-state index contributed by atoms with van der Waals surface area (Å²) in [4.78, 5) is 0. The van der Waals surface area contributed by atoms with Crippen LogP contribution in [0.15, 0.2) is 22.7 Å². The van der Waals surface area contributed by atoms with E-state index in [2.05, 4.69) is 35.1 Å². The van der Waals surface area contributed by atoms with Crippen molar-refractivity contribution >= 4 is 33.2 Å². The number of anilines is 1. The fourth-order valence-corrected chi connectivity index (χ4v) is 1.71. The minimum Gasteiger partial charge on any atom is -0.382 e. The third-order valence-corrected chi connectivity index (χ3v) is 2.27. The monoisotopic (exact) mass is 247 g/mol. The molecule has 1 rings (SSSR count). The molecule has 0 aliphatic heterocycles. The molecule has 0 aliphatic rings. The summed E-state index contributed by atoms with van der Waals surface area (Å²) in [5.41, 5.74) is 1.08. The van der Waals surface area contributed by atoms with Gasteiger partial charge in [0, 0.05) is 21.2 Å². The van der Waals surface area contributed by atoms with Crippen molar-refractivity contribution in [2.45, 2.75) is 19.9 Å². The van der Waals surface area contributed by atoms with E-state index in [-0.39, 0.29) is 0 Å². The Bertz CT molecular complexity index is 273. The van der Waals surface area contributed by atoms with Gasteiger partial charge in [-0.2, -0.15) is 0 Å². The molecule has 1 nitrogen and oxygen atoms in total. The number of nitrogens with one attached hydrogen (secondary N) is 1. The second-order valence-corrected chi connectivity index (χ2v) is 4.21. The first-order valence-electron chi connectivity index (χ1n) is 3.81. The van der Waals surface area contributed by atoms with Gasteiger partial charge < -0.3 is 5.32 Å². The molecule has 0 fully saturated rings. The summed E-state index contributed by atoms with van der Waals surface area (Å²) in [6, 6.07) is 6.15. The highest BCUT2D eigenvalue weighted by molar-refractivity contribution is 9.10. The summed E-state index contributed by atoms with van der Waals surface area (Å²) >= 11 is 9.22. The Morgan fingerprint density at radius 2 is 2.08 bits per heavy atom. The van der Waals surface area contributed by atoms with Crippen molar-refractivity contribution in [3.05, 3.63) is 27.7 Å². The van der Waals surface area contributed by atoms with E-state index in [1.807, 2.05) is 18.2 Å². The summed E-state index contributed by atoms with van der Waals surface area (Å²) in [5, 5.41) is 4.04.